The van der Waals surface area contributed by atoms with Crippen molar-refractivity contribution in [2.45, 2.75) is 65.6 Å². The first-order valence-electron chi connectivity index (χ1n) is 12.3. The summed E-state index contributed by atoms with van der Waals surface area (Å²) in [5.41, 5.74) is -1.19. The molecule has 0 spiro atoms. The highest BCUT2D eigenvalue weighted by molar-refractivity contribution is 5.72. The molecule has 216 valence electrons. The first-order valence-corrected chi connectivity index (χ1v) is 12.3. The van der Waals surface area contributed by atoms with Crippen molar-refractivity contribution in [3.05, 3.63) is 0 Å². The van der Waals surface area contributed by atoms with E-state index in [0.29, 0.717) is 26.4 Å². The van der Waals surface area contributed by atoms with Gasteiger partial charge in [0, 0.05) is 13.1 Å². The van der Waals surface area contributed by atoms with E-state index in [-0.39, 0.29) is 52.4 Å². The van der Waals surface area contributed by atoms with Crippen molar-refractivity contribution in [2.24, 2.45) is 0 Å². The number of alkyl carbamates (subject to hydrolysis) is 2. The SMILES string of the molecule is CC(C)(C)OC(=O)NCCC(=O)OCCOCCOCCOCCOC(=O)CCNC(=O)OC(C)(C)C. The van der Waals surface area contributed by atoms with E-state index in [2.05, 4.69) is 10.6 Å². The zero-order valence-electron chi connectivity index (χ0n) is 23.0. The molecule has 13 nitrogen and oxygen atoms in total. The van der Waals surface area contributed by atoms with Crippen LogP contribution in [0, 0.1) is 0 Å². The molecule has 0 unspecified atom stereocenters. The average molecular weight is 537 g/mol. The zero-order valence-corrected chi connectivity index (χ0v) is 23.0. The summed E-state index contributed by atoms with van der Waals surface area (Å²) >= 11 is 0. The number of carbonyl (C=O) groups excluding carboxylic acids is 4. The van der Waals surface area contributed by atoms with Gasteiger partial charge in [-0.15, -0.1) is 0 Å². The molecule has 0 aromatic rings. The van der Waals surface area contributed by atoms with Gasteiger partial charge in [-0.25, -0.2) is 9.59 Å². The molecule has 0 bridgehead atoms. The number of carbonyl (C=O) groups is 4. The number of amides is 2. The molecule has 2 amide bonds. The van der Waals surface area contributed by atoms with Crippen LogP contribution in [0.4, 0.5) is 9.59 Å². The topological polar surface area (TPSA) is 157 Å². The van der Waals surface area contributed by atoms with Gasteiger partial charge in [0.25, 0.3) is 0 Å². The first kappa shape index (κ1) is 34.4. The molecule has 37 heavy (non-hydrogen) atoms. The third-order valence-corrected chi connectivity index (χ3v) is 3.72. The van der Waals surface area contributed by atoms with Gasteiger partial charge in [0.2, 0.25) is 0 Å². The minimum Gasteiger partial charge on any atom is -0.463 e. The van der Waals surface area contributed by atoms with Gasteiger partial charge in [0.1, 0.15) is 24.4 Å². The second-order valence-corrected chi connectivity index (χ2v) is 9.64. The predicted molar refractivity (Wildman–Crippen MR) is 132 cm³/mol. The maximum atomic E-state index is 11.6. The highest BCUT2D eigenvalue weighted by Crippen LogP contribution is 2.07. The second kappa shape index (κ2) is 19.5. The van der Waals surface area contributed by atoms with Gasteiger partial charge in [0.05, 0.1) is 52.5 Å². The van der Waals surface area contributed by atoms with E-state index < -0.39 is 35.3 Å². The van der Waals surface area contributed by atoms with Crippen LogP contribution in [0.3, 0.4) is 0 Å². The van der Waals surface area contributed by atoms with Crippen LogP contribution in [0.1, 0.15) is 54.4 Å². The van der Waals surface area contributed by atoms with Crippen LogP contribution in [0.25, 0.3) is 0 Å². The Morgan fingerprint density at radius 1 is 0.514 bits per heavy atom. The molecule has 0 rings (SSSR count). The van der Waals surface area contributed by atoms with Crippen LogP contribution in [-0.4, -0.2) is 101 Å². The Kier molecular flexibility index (Phi) is 18.1. The average Bonchev–Trinajstić information content (AvgIpc) is 2.74. The molecule has 0 aromatic carbocycles. The fourth-order valence-electron chi connectivity index (χ4n) is 2.28. The highest BCUT2D eigenvalue weighted by atomic mass is 16.6. The third kappa shape index (κ3) is 26.2. The number of rotatable bonds is 18. The molecule has 0 aliphatic heterocycles. The first-order chi connectivity index (χ1) is 17.3. The lowest BCUT2D eigenvalue weighted by atomic mass is 10.2. The Morgan fingerprint density at radius 3 is 1.11 bits per heavy atom. The summed E-state index contributed by atoms with van der Waals surface area (Å²) < 4.78 is 36.1. The van der Waals surface area contributed by atoms with E-state index in [4.69, 9.17) is 33.2 Å². The van der Waals surface area contributed by atoms with Gasteiger partial charge < -0.3 is 43.8 Å². The Hall–Kier alpha value is -2.64. The van der Waals surface area contributed by atoms with E-state index in [1.165, 1.54) is 0 Å². The van der Waals surface area contributed by atoms with Crippen LogP contribution < -0.4 is 10.6 Å². The van der Waals surface area contributed by atoms with Crippen LogP contribution in [-0.2, 0) is 42.7 Å². The summed E-state index contributed by atoms with van der Waals surface area (Å²) in [6, 6.07) is 0. The minimum absolute atomic E-state index is 0.0346. The van der Waals surface area contributed by atoms with E-state index in [9.17, 15) is 19.2 Å². The predicted octanol–water partition coefficient (Wildman–Crippen LogP) is 1.95. The summed E-state index contributed by atoms with van der Waals surface area (Å²) in [6.07, 6.45) is -1.10. The molecule has 0 aromatic heterocycles. The van der Waals surface area contributed by atoms with Gasteiger partial charge in [-0.3, -0.25) is 9.59 Å². The van der Waals surface area contributed by atoms with Crippen LogP contribution in [0.2, 0.25) is 0 Å². The fourth-order valence-corrected chi connectivity index (χ4v) is 2.28. The molecule has 0 saturated carbocycles. The van der Waals surface area contributed by atoms with Crippen molar-refractivity contribution < 1.29 is 52.3 Å². The van der Waals surface area contributed by atoms with Gasteiger partial charge in [-0.1, -0.05) is 0 Å². The number of hydrogen-bond acceptors (Lipinski definition) is 11. The maximum Gasteiger partial charge on any atom is 0.407 e. The molecule has 0 fully saturated rings. The Labute approximate surface area is 219 Å². The fraction of sp³-hybridized carbons (Fsp3) is 0.833. The van der Waals surface area contributed by atoms with E-state index in [1.54, 1.807) is 41.5 Å². The smallest absolute Gasteiger partial charge is 0.407 e. The molecule has 0 radical (unpaired) electrons. The lowest BCUT2D eigenvalue weighted by Crippen LogP contribution is -2.33. The maximum absolute atomic E-state index is 11.6. The van der Waals surface area contributed by atoms with Crippen molar-refractivity contribution >= 4 is 24.1 Å². The van der Waals surface area contributed by atoms with Crippen molar-refractivity contribution in [3.8, 4) is 0 Å². The standard InChI is InChI=1S/C24H44N2O11/c1-23(2,3)36-21(29)25-9-7-19(27)34-17-15-32-13-11-31-12-14-33-16-18-35-20(28)8-10-26-22(30)37-24(4,5)6/h7-18H2,1-6H3,(H,25,29)(H,26,30). The van der Waals surface area contributed by atoms with E-state index in [0.717, 1.165) is 0 Å². The van der Waals surface area contributed by atoms with Gasteiger partial charge in [0.15, 0.2) is 0 Å². The molecule has 0 atom stereocenters. The zero-order chi connectivity index (χ0) is 28.2. The van der Waals surface area contributed by atoms with Crippen molar-refractivity contribution in [1.29, 1.82) is 0 Å². The lowest BCUT2D eigenvalue weighted by Gasteiger charge is -2.19. The van der Waals surface area contributed by atoms with Crippen molar-refractivity contribution in [2.75, 3.05) is 65.9 Å². The largest absolute Gasteiger partial charge is 0.463 e. The summed E-state index contributed by atoms with van der Waals surface area (Å²) in [4.78, 5) is 46.1. The lowest BCUT2D eigenvalue weighted by molar-refractivity contribution is -0.145. The monoisotopic (exact) mass is 536 g/mol. The molecule has 2 N–H and O–H groups in total. The number of hydrogen-bond donors (Lipinski definition) is 2. The number of ether oxygens (including phenoxy) is 7. The summed E-state index contributed by atoms with van der Waals surface area (Å²) in [5, 5.41) is 4.96. The third-order valence-electron chi connectivity index (χ3n) is 3.72. The highest BCUT2D eigenvalue weighted by Gasteiger charge is 2.17. The van der Waals surface area contributed by atoms with Crippen LogP contribution >= 0.6 is 0 Å². The molecular formula is C24H44N2O11. The van der Waals surface area contributed by atoms with E-state index in [1.807, 2.05) is 0 Å². The Morgan fingerprint density at radius 2 is 0.811 bits per heavy atom. The van der Waals surface area contributed by atoms with Crippen LogP contribution in [0.5, 0.6) is 0 Å². The van der Waals surface area contributed by atoms with Crippen molar-refractivity contribution in [1.82, 2.24) is 10.6 Å². The van der Waals surface area contributed by atoms with Gasteiger partial charge in [-0.2, -0.15) is 0 Å². The molecule has 0 heterocycles. The molecule has 0 aliphatic carbocycles. The quantitative estimate of drug-likeness (QED) is 0.150. The number of esters is 2. The molecule has 13 heteroatoms. The van der Waals surface area contributed by atoms with Crippen LogP contribution in [0.15, 0.2) is 0 Å². The number of nitrogens with one attached hydrogen (secondary N) is 2. The van der Waals surface area contributed by atoms with Crippen molar-refractivity contribution in [3.63, 3.8) is 0 Å². The van der Waals surface area contributed by atoms with Gasteiger partial charge in [-0.05, 0) is 41.5 Å². The van der Waals surface area contributed by atoms with Gasteiger partial charge >= 0.3 is 24.1 Å². The summed E-state index contributed by atoms with van der Waals surface area (Å²) in [6.45, 7) is 12.8. The minimum atomic E-state index is -0.596. The molecule has 0 saturated heterocycles. The Bertz CT molecular complexity index is 617. The van der Waals surface area contributed by atoms with E-state index >= 15 is 0 Å². The normalized spacial score (nSPS) is 11.4. The molecular weight excluding hydrogens is 492 g/mol. The molecule has 0 aliphatic rings. The summed E-state index contributed by atoms with van der Waals surface area (Å²) in [7, 11) is 0. The summed E-state index contributed by atoms with van der Waals surface area (Å²) in [5.74, 6) is -0.896. The Balaban J connectivity index is 3.42. The second-order valence-electron chi connectivity index (χ2n) is 9.64.